The fourth-order valence-corrected chi connectivity index (χ4v) is 4.57. The highest BCUT2D eigenvalue weighted by molar-refractivity contribution is 9.11. The third kappa shape index (κ3) is 4.55. The molecule has 2 atom stereocenters. The van der Waals surface area contributed by atoms with E-state index in [0.717, 1.165) is 12.5 Å². The van der Waals surface area contributed by atoms with Gasteiger partial charge in [0.05, 0.1) is 3.79 Å². The van der Waals surface area contributed by atoms with Crippen LogP contribution in [0.25, 0.3) is 0 Å². The van der Waals surface area contributed by atoms with E-state index in [1.165, 1.54) is 41.0 Å². The van der Waals surface area contributed by atoms with Crippen molar-refractivity contribution in [2.24, 2.45) is 5.92 Å². The van der Waals surface area contributed by atoms with Gasteiger partial charge in [-0.05, 0) is 46.8 Å². The van der Waals surface area contributed by atoms with Gasteiger partial charge in [0.15, 0.2) is 0 Å². The first-order valence-electron chi connectivity index (χ1n) is 7.81. The SMILES string of the molecule is CCCC1CN(CCc2ccc(Br)s2)C(C(C)C)CN1. The smallest absolute Gasteiger partial charge is 0.0701 e. The van der Waals surface area contributed by atoms with Crippen molar-refractivity contribution in [3.05, 3.63) is 20.8 Å². The van der Waals surface area contributed by atoms with Gasteiger partial charge in [-0.15, -0.1) is 11.3 Å². The minimum absolute atomic E-state index is 0.685. The molecule has 20 heavy (non-hydrogen) atoms. The Morgan fingerprint density at radius 1 is 1.45 bits per heavy atom. The summed E-state index contributed by atoms with van der Waals surface area (Å²) in [5, 5.41) is 3.74. The van der Waals surface area contributed by atoms with E-state index in [2.05, 4.69) is 59.1 Å². The zero-order chi connectivity index (χ0) is 14.5. The summed E-state index contributed by atoms with van der Waals surface area (Å²) in [7, 11) is 0. The molecule has 0 spiro atoms. The Morgan fingerprint density at radius 3 is 2.85 bits per heavy atom. The summed E-state index contributed by atoms with van der Waals surface area (Å²) < 4.78 is 1.25. The van der Waals surface area contributed by atoms with Crippen LogP contribution in [0.3, 0.4) is 0 Å². The van der Waals surface area contributed by atoms with Crippen molar-refractivity contribution in [3.8, 4) is 0 Å². The normalized spacial score (nSPS) is 24.4. The third-order valence-electron chi connectivity index (χ3n) is 4.22. The number of piperazine rings is 1. The molecule has 114 valence electrons. The lowest BCUT2D eigenvalue weighted by Gasteiger charge is -2.42. The summed E-state index contributed by atoms with van der Waals surface area (Å²) in [5.41, 5.74) is 0. The largest absolute Gasteiger partial charge is 0.311 e. The van der Waals surface area contributed by atoms with Crippen molar-refractivity contribution >= 4 is 27.3 Å². The van der Waals surface area contributed by atoms with Crippen molar-refractivity contribution in [2.75, 3.05) is 19.6 Å². The zero-order valence-corrected chi connectivity index (χ0v) is 15.3. The maximum Gasteiger partial charge on any atom is 0.0701 e. The molecule has 2 unspecified atom stereocenters. The lowest BCUT2D eigenvalue weighted by atomic mass is 9.97. The molecular weight excluding hydrogens is 332 g/mol. The molecule has 1 fully saturated rings. The Bertz CT molecular complexity index is 405. The molecule has 0 saturated carbocycles. The van der Waals surface area contributed by atoms with Gasteiger partial charge in [0.2, 0.25) is 0 Å². The maximum absolute atomic E-state index is 3.74. The summed E-state index contributed by atoms with van der Waals surface area (Å²) in [5.74, 6) is 0.722. The molecule has 1 N–H and O–H groups in total. The van der Waals surface area contributed by atoms with Gasteiger partial charge in [0, 0.05) is 36.6 Å². The average molecular weight is 359 g/mol. The van der Waals surface area contributed by atoms with E-state index >= 15 is 0 Å². The Hall–Kier alpha value is 0.1000. The Balaban J connectivity index is 1.92. The van der Waals surface area contributed by atoms with Crippen LogP contribution < -0.4 is 5.32 Å². The second kappa shape index (κ2) is 7.92. The highest BCUT2D eigenvalue weighted by Gasteiger charge is 2.28. The molecule has 0 amide bonds. The van der Waals surface area contributed by atoms with Crippen LogP contribution in [-0.2, 0) is 6.42 Å². The monoisotopic (exact) mass is 358 g/mol. The number of hydrogen-bond acceptors (Lipinski definition) is 3. The van der Waals surface area contributed by atoms with Gasteiger partial charge in [0.25, 0.3) is 0 Å². The predicted molar refractivity (Wildman–Crippen MR) is 92.6 cm³/mol. The molecule has 0 radical (unpaired) electrons. The molecule has 4 heteroatoms. The second-order valence-electron chi connectivity index (χ2n) is 6.16. The van der Waals surface area contributed by atoms with Crippen LogP contribution >= 0.6 is 27.3 Å². The van der Waals surface area contributed by atoms with Crippen molar-refractivity contribution < 1.29 is 0 Å². The number of nitrogens with zero attached hydrogens (tertiary/aromatic N) is 1. The molecule has 0 aromatic carbocycles. The quantitative estimate of drug-likeness (QED) is 0.821. The molecule has 0 bridgehead atoms. The molecular formula is C16H27BrN2S. The minimum atomic E-state index is 0.685. The van der Waals surface area contributed by atoms with Gasteiger partial charge in [-0.1, -0.05) is 27.2 Å². The van der Waals surface area contributed by atoms with E-state index in [0.29, 0.717) is 12.1 Å². The van der Waals surface area contributed by atoms with Gasteiger partial charge in [0.1, 0.15) is 0 Å². The van der Waals surface area contributed by atoms with E-state index in [1.807, 2.05) is 11.3 Å². The molecule has 2 nitrogen and oxygen atoms in total. The highest BCUT2D eigenvalue weighted by Crippen LogP contribution is 2.24. The van der Waals surface area contributed by atoms with E-state index in [1.54, 1.807) is 0 Å². The van der Waals surface area contributed by atoms with Crippen LogP contribution in [0.15, 0.2) is 15.9 Å². The number of rotatable bonds is 6. The van der Waals surface area contributed by atoms with Crippen molar-refractivity contribution in [1.82, 2.24) is 10.2 Å². The summed E-state index contributed by atoms with van der Waals surface area (Å²) in [6.07, 6.45) is 3.75. The van der Waals surface area contributed by atoms with Crippen LogP contribution in [0.4, 0.5) is 0 Å². The first-order valence-corrected chi connectivity index (χ1v) is 9.42. The topological polar surface area (TPSA) is 15.3 Å². The molecule has 1 aromatic heterocycles. The number of thiophene rings is 1. The summed E-state index contributed by atoms with van der Waals surface area (Å²) >= 11 is 5.43. The van der Waals surface area contributed by atoms with Gasteiger partial charge in [-0.3, -0.25) is 4.90 Å². The maximum atomic E-state index is 3.74. The first-order chi connectivity index (χ1) is 9.60. The zero-order valence-electron chi connectivity index (χ0n) is 12.9. The molecule has 1 aliphatic rings. The van der Waals surface area contributed by atoms with E-state index in [-0.39, 0.29) is 0 Å². The van der Waals surface area contributed by atoms with Gasteiger partial charge in [-0.25, -0.2) is 0 Å². The standard InChI is InChI=1S/C16H27BrN2S/c1-4-5-13-11-19(15(10-18-13)12(2)3)9-8-14-6-7-16(17)20-14/h6-7,12-13,15,18H,4-5,8-11H2,1-3H3. The third-order valence-corrected chi connectivity index (χ3v) is 5.90. The van der Waals surface area contributed by atoms with Gasteiger partial charge >= 0.3 is 0 Å². The lowest BCUT2D eigenvalue weighted by Crippen LogP contribution is -2.58. The Morgan fingerprint density at radius 2 is 2.25 bits per heavy atom. The van der Waals surface area contributed by atoms with Crippen molar-refractivity contribution in [3.63, 3.8) is 0 Å². The average Bonchev–Trinajstić information content (AvgIpc) is 2.82. The van der Waals surface area contributed by atoms with Crippen molar-refractivity contribution in [2.45, 2.75) is 52.1 Å². The molecule has 1 saturated heterocycles. The molecule has 1 aliphatic heterocycles. The van der Waals surface area contributed by atoms with Gasteiger partial charge < -0.3 is 5.32 Å². The predicted octanol–water partition coefficient (Wildman–Crippen LogP) is 4.15. The fourth-order valence-electron chi connectivity index (χ4n) is 3.10. The Kier molecular flexibility index (Phi) is 6.53. The highest BCUT2D eigenvalue weighted by atomic mass is 79.9. The number of halogens is 1. The molecule has 2 rings (SSSR count). The molecule has 2 heterocycles. The van der Waals surface area contributed by atoms with Gasteiger partial charge in [-0.2, -0.15) is 0 Å². The fraction of sp³-hybridized carbons (Fsp3) is 0.750. The lowest BCUT2D eigenvalue weighted by molar-refractivity contribution is 0.0971. The summed E-state index contributed by atoms with van der Waals surface area (Å²) in [6, 6.07) is 5.79. The number of nitrogens with one attached hydrogen (secondary N) is 1. The van der Waals surface area contributed by atoms with Crippen LogP contribution in [-0.4, -0.2) is 36.6 Å². The Labute approximate surface area is 136 Å². The van der Waals surface area contributed by atoms with Crippen LogP contribution in [0.5, 0.6) is 0 Å². The number of hydrogen-bond donors (Lipinski definition) is 1. The van der Waals surface area contributed by atoms with Crippen molar-refractivity contribution in [1.29, 1.82) is 0 Å². The molecule has 0 aliphatic carbocycles. The van der Waals surface area contributed by atoms with Crippen LogP contribution in [0.2, 0.25) is 0 Å². The summed E-state index contributed by atoms with van der Waals surface area (Å²) in [6.45, 7) is 10.5. The first kappa shape index (κ1) is 16.5. The van der Waals surface area contributed by atoms with E-state index in [4.69, 9.17) is 0 Å². The molecule has 1 aromatic rings. The minimum Gasteiger partial charge on any atom is -0.311 e. The van der Waals surface area contributed by atoms with E-state index < -0.39 is 0 Å². The summed E-state index contributed by atoms with van der Waals surface area (Å²) in [4.78, 5) is 4.21. The van der Waals surface area contributed by atoms with E-state index in [9.17, 15) is 0 Å². The second-order valence-corrected chi connectivity index (χ2v) is 8.70. The van der Waals surface area contributed by atoms with Crippen LogP contribution in [0.1, 0.15) is 38.5 Å². The van der Waals surface area contributed by atoms with Crippen LogP contribution in [0, 0.1) is 5.92 Å².